The number of phosphoric acid groups is 1. The second kappa shape index (κ2) is 11.0. The van der Waals surface area contributed by atoms with Gasteiger partial charge in [-0.1, -0.05) is 54.6 Å². The van der Waals surface area contributed by atoms with Gasteiger partial charge in [-0.15, -0.1) is 11.3 Å². The number of nitrogens with two attached hydrogens (primary N) is 1. The summed E-state index contributed by atoms with van der Waals surface area (Å²) in [5, 5.41) is 1.76. The first-order valence-electron chi connectivity index (χ1n) is 11.3. The molecule has 0 saturated heterocycles. The molecule has 4 N–H and O–H groups in total. The second-order valence-corrected chi connectivity index (χ2v) is 10.9. The number of hydrogen-bond donors (Lipinski definition) is 3. The number of phosphoric ester groups is 1. The van der Waals surface area contributed by atoms with Crippen LogP contribution in [0.5, 0.6) is 5.75 Å². The molecule has 0 aliphatic rings. The maximum Gasteiger partial charge on any atom is 0.469 e. The molecule has 0 fully saturated rings. The molecule has 0 saturated carbocycles. The summed E-state index contributed by atoms with van der Waals surface area (Å²) >= 11 is 1.04. The van der Waals surface area contributed by atoms with Crippen LogP contribution in [-0.4, -0.2) is 21.4 Å². The van der Waals surface area contributed by atoms with Gasteiger partial charge in [0, 0.05) is 10.9 Å². The van der Waals surface area contributed by atoms with Crippen LogP contribution in [0.1, 0.15) is 23.1 Å². The molecule has 4 aromatic rings. The lowest BCUT2D eigenvalue weighted by molar-refractivity contribution is -0.139. The number of aromatic nitrogens is 1. The Bertz CT molecular complexity index is 1440. The summed E-state index contributed by atoms with van der Waals surface area (Å²) in [4.78, 5) is 22.1. The van der Waals surface area contributed by atoms with Gasteiger partial charge >= 0.3 is 14.0 Å². The van der Waals surface area contributed by atoms with Gasteiger partial charge in [-0.2, -0.15) is 13.2 Å². The highest BCUT2D eigenvalue weighted by molar-refractivity contribution is 7.46. The average molecular weight is 565 g/mol. The molecule has 4 rings (SSSR count). The van der Waals surface area contributed by atoms with E-state index in [1.165, 1.54) is 24.4 Å². The summed E-state index contributed by atoms with van der Waals surface area (Å²) in [7, 11) is -4.75. The first-order chi connectivity index (χ1) is 17.8. The molecule has 38 heavy (non-hydrogen) atoms. The summed E-state index contributed by atoms with van der Waals surface area (Å²) in [5.74, 6) is -0.317. The molecule has 1 atom stereocenters. The van der Waals surface area contributed by atoms with Gasteiger partial charge in [0.1, 0.15) is 17.4 Å². The van der Waals surface area contributed by atoms with Crippen molar-refractivity contribution < 1.29 is 36.8 Å². The van der Waals surface area contributed by atoms with Crippen molar-refractivity contribution in [3.05, 3.63) is 94.3 Å². The molecule has 1 heterocycles. The Balaban J connectivity index is 1.52. The number of thiazole rings is 1. The Labute approximate surface area is 220 Å². The lowest BCUT2D eigenvalue weighted by Crippen LogP contribution is -2.37. The first-order valence-corrected chi connectivity index (χ1v) is 13.7. The number of nitrogens with zero attached hydrogens (tertiary/aromatic N) is 1. The number of ether oxygens (including phenoxy) is 1. The maximum atomic E-state index is 13.9. The van der Waals surface area contributed by atoms with Crippen molar-refractivity contribution in [2.45, 2.75) is 25.2 Å². The lowest BCUT2D eigenvalue weighted by Gasteiger charge is -2.21. The van der Waals surface area contributed by atoms with Crippen molar-refractivity contribution in [2.75, 3.05) is 6.61 Å². The summed E-state index contributed by atoms with van der Waals surface area (Å²) in [5.41, 5.74) is 6.90. The predicted octanol–water partition coefficient (Wildman–Crippen LogP) is 6.36. The fraction of sp³-hybridized carbons (Fsp3) is 0.192. The zero-order chi connectivity index (χ0) is 27.6. The predicted molar refractivity (Wildman–Crippen MR) is 138 cm³/mol. The van der Waals surface area contributed by atoms with Crippen LogP contribution < -0.4 is 10.5 Å². The van der Waals surface area contributed by atoms with E-state index >= 15 is 0 Å². The molecule has 0 bridgehead atoms. The largest absolute Gasteiger partial charge is 0.488 e. The van der Waals surface area contributed by atoms with E-state index in [0.29, 0.717) is 5.56 Å². The van der Waals surface area contributed by atoms with Gasteiger partial charge in [0.2, 0.25) is 0 Å². The SMILES string of the molecule is C[C@](N)(COP(=O)(O)O)c1nc(-c2ccc(OCc3ccc(-c4ccccc4)cc3)c(C(F)(F)F)c2)cs1. The molecule has 0 radical (unpaired) electrons. The van der Waals surface area contributed by atoms with Crippen LogP contribution in [0.25, 0.3) is 22.4 Å². The van der Waals surface area contributed by atoms with Crippen molar-refractivity contribution in [2.24, 2.45) is 5.73 Å². The summed E-state index contributed by atoms with van der Waals surface area (Å²) in [6, 6.07) is 20.8. The van der Waals surface area contributed by atoms with E-state index in [4.69, 9.17) is 20.3 Å². The molecule has 0 unspecified atom stereocenters. The minimum absolute atomic E-state index is 0.0521. The number of rotatable bonds is 9. The van der Waals surface area contributed by atoms with Gasteiger partial charge in [0.15, 0.2) is 0 Å². The van der Waals surface area contributed by atoms with Crippen LogP contribution in [0.15, 0.2) is 78.2 Å². The molecule has 0 amide bonds. The van der Waals surface area contributed by atoms with Crippen LogP contribution in [0, 0.1) is 0 Å². The molecule has 200 valence electrons. The van der Waals surface area contributed by atoms with E-state index in [1.54, 1.807) is 12.1 Å². The molecular weight excluding hydrogens is 540 g/mol. The number of hydrogen-bond acceptors (Lipinski definition) is 6. The van der Waals surface area contributed by atoms with E-state index < -0.39 is 31.7 Å². The smallest absolute Gasteiger partial charge is 0.469 e. The Hall–Kier alpha value is -3.05. The number of alkyl halides is 3. The highest BCUT2D eigenvalue weighted by atomic mass is 32.1. The van der Waals surface area contributed by atoms with Gasteiger partial charge in [0.05, 0.1) is 23.4 Å². The van der Waals surface area contributed by atoms with E-state index in [9.17, 15) is 17.7 Å². The van der Waals surface area contributed by atoms with Crippen LogP contribution in [0.4, 0.5) is 13.2 Å². The van der Waals surface area contributed by atoms with E-state index in [1.807, 2.05) is 42.5 Å². The van der Waals surface area contributed by atoms with E-state index in [2.05, 4.69) is 9.51 Å². The van der Waals surface area contributed by atoms with Gasteiger partial charge in [-0.05, 0) is 41.8 Å². The van der Waals surface area contributed by atoms with Crippen LogP contribution in [0.2, 0.25) is 0 Å². The Morgan fingerprint density at radius 3 is 2.24 bits per heavy atom. The fourth-order valence-electron chi connectivity index (χ4n) is 3.57. The highest BCUT2D eigenvalue weighted by Gasteiger charge is 2.35. The second-order valence-electron chi connectivity index (χ2n) is 8.78. The Morgan fingerprint density at radius 2 is 1.61 bits per heavy atom. The third-order valence-corrected chi connectivity index (χ3v) is 7.15. The zero-order valence-corrected chi connectivity index (χ0v) is 21.8. The fourth-order valence-corrected chi connectivity index (χ4v) is 4.90. The van der Waals surface area contributed by atoms with E-state index in [0.717, 1.165) is 28.5 Å². The number of benzene rings is 3. The third-order valence-electron chi connectivity index (χ3n) is 5.56. The average Bonchev–Trinajstić information content (AvgIpc) is 3.38. The monoisotopic (exact) mass is 564 g/mol. The molecule has 0 spiro atoms. The molecule has 12 heteroatoms. The van der Waals surface area contributed by atoms with Crippen molar-refractivity contribution in [3.63, 3.8) is 0 Å². The third kappa shape index (κ3) is 7.08. The molecular formula is C26H24F3N2O5PS. The minimum Gasteiger partial charge on any atom is -0.488 e. The molecule has 7 nitrogen and oxygen atoms in total. The van der Waals surface area contributed by atoms with Gasteiger partial charge in [-0.3, -0.25) is 4.52 Å². The lowest BCUT2D eigenvalue weighted by atomic mass is 10.0. The van der Waals surface area contributed by atoms with Crippen LogP contribution in [-0.2, 0) is 27.4 Å². The van der Waals surface area contributed by atoms with Crippen molar-refractivity contribution in [3.8, 4) is 28.1 Å². The zero-order valence-electron chi connectivity index (χ0n) is 20.1. The highest BCUT2D eigenvalue weighted by Crippen LogP contribution is 2.41. The van der Waals surface area contributed by atoms with Gasteiger partial charge < -0.3 is 20.3 Å². The normalized spacial score (nSPS) is 13.8. The quantitative estimate of drug-likeness (QED) is 0.203. The minimum atomic E-state index is -4.75. The first kappa shape index (κ1) is 28.0. The Kier molecular flexibility index (Phi) is 8.08. The van der Waals surface area contributed by atoms with E-state index in [-0.39, 0.29) is 28.6 Å². The van der Waals surface area contributed by atoms with Crippen LogP contribution in [0.3, 0.4) is 0 Å². The van der Waals surface area contributed by atoms with Crippen LogP contribution >= 0.6 is 19.2 Å². The van der Waals surface area contributed by atoms with Crippen molar-refractivity contribution in [1.29, 1.82) is 0 Å². The molecule has 0 aliphatic heterocycles. The van der Waals surface area contributed by atoms with Gasteiger partial charge in [0.25, 0.3) is 0 Å². The van der Waals surface area contributed by atoms with Crippen molar-refractivity contribution >= 4 is 19.2 Å². The molecule has 1 aromatic heterocycles. The molecule has 0 aliphatic carbocycles. The number of halogens is 3. The summed E-state index contributed by atoms with van der Waals surface area (Å²) in [6.45, 7) is 0.871. The van der Waals surface area contributed by atoms with Gasteiger partial charge in [-0.25, -0.2) is 9.55 Å². The summed E-state index contributed by atoms with van der Waals surface area (Å²) in [6.07, 6.45) is -4.68. The topological polar surface area (TPSA) is 115 Å². The Morgan fingerprint density at radius 1 is 0.974 bits per heavy atom. The standard InChI is InChI=1S/C26H24F3N2O5PS/c1-25(30,16-36-37(32,33)34)24-31-22(15-38-24)20-11-12-23(21(13-20)26(27,28)29)35-14-17-7-9-19(10-8-17)18-5-3-2-4-6-18/h2-13,15H,14,16,30H2,1H3,(H2,32,33,34)/t25-/m0/s1. The molecule has 3 aromatic carbocycles. The maximum absolute atomic E-state index is 13.9. The van der Waals surface area contributed by atoms with Crippen molar-refractivity contribution in [1.82, 2.24) is 4.98 Å². The summed E-state index contributed by atoms with van der Waals surface area (Å²) < 4.78 is 62.8.